The molecule has 8 heteroatoms. The van der Waals surface area contributed by atoms with E-state index in [-0.39, 0.29) is 12.5 Å². The van der Waals surface area contributed by atoms with Crippen LogP contribution < -0.4 is 5.32 Å². The van der Waals surface area contributed by atoms with E-state index in [1.807, 2.05) is 25.3 Å². The quantitative estimate of drug-likeness (QED) is 0.867. The van der Waals surface area contributed by atoms with Crippen molar-refractivity contribution in [3.05, 3.63) is 28.6 Å². The van der Waals surface area contributed by atoms with Gasteiger partial charge in [-0.25, -0.2) is 0 Å². The molecule has 7 nitrogen and oxygen atoms in total. The van der Waals surface area contributed by atoms with Gasteiger partial charge in [-0.15, -0.1) is 10.2 Å². The topological polar surface area (TPSA) is 77.6 Å². The summed E-state index contributed by atoms with van der Waals surface area (Å²) in [6.07, 6.45) is 2.34. The number of nitrogens with one attached hydrogen (secondary N) is 1. The van der Waals surface area contributed by atoms with Gasteiger partial charge >= 0.3 is 0 Å². The van der Waals surface area contributed by atoms with Crippen LogP contribution in [0.15, 0.2) is 6.33 Å². The number of amides is 1. The predicted octanol–water partition coefficient (Wildman–Crippen LogP) is 1.12. The van der Waals surface area contributed by atoms with E-state index in [2.05, 4.69) is 20.6 Å². The lowest BCUT2D eigenvalue weighted by Gasteiger charge is -2.07. The average molecular weight is 311 g/mol. The van der Waals surface area contributed by atoms with Crippen LogP contribution in [0.3, 0.4) is 0 Å². The van der Waals surface area contributed by atoms with E-state index in [0.717, 1.165) is 23.8 Å². The summed E-state index contributed by atoms with van der Waals surface area (Å²) in [5.41, 5.74) is 1.54. The monoisotopic (exact) mass is 310 g/mol. The van der Waals surface area contributed by atoms with Gasteiger partial charge in [0, 0.05) is 19.5 Å². The smallest absolute Gasteiger partial charge is 0.241 e. The van der Waals surface area contributed by atoms with E-state index in [1.54, 1.807) is 11.0 Å². The van der Waals surface area contributed by atoms with Gasteiger partial charge in [0.2, 0.25) is 5.91 Å². The first kappa shape index (κ1) is 15.5. The van der Waals surface area contributed by atoms with Gasteiger partial charge in [0.25, 0.3) is 0 Å². The molecule has 0 aliphatic carbocycles. The third kappa shape index (κ3) is 3.60. The summed E-state index contributed by atoms with van der Waals surface area (Å²) in [5.74, 6) is 0.770. The molecule has 21 heavy (non-hydrogen) atoms. The number of hydrogen-bond donors (Lipinski definition) is 1. The first-order valence-electron chi connectivity index (χ1n) is 6.85. The lowest BCUT2D eigenvalue weighted by molar-refractivity contribution is -0.121. The number of aromatic nitrogens is 5. The number of aryl methyl sites for hydroxylation is 2. The second-order valence-electron chi connectivity index (χ2n) is 4.78. The standard InChI is InChI=1S/C13H19ClN6O/c1-4-19-8-16-17-11(19)5-6-15-12(21)7-20-10(3)13(14)9(2)18-20/h8H,4-7H2,1-3H3,(H,15,21). The van der Waals surface area contributed by atoms with Gasteiger partial charge in [0.15, 0.2) is 0 Å². The lowest BCUT2D eigenvalue weighted by atomic mass is 10.3. The molecule has 114 valence electrons. The molecule has 1 amide bonds. The molecular weight excluding hydrogens is 292 g/mol. The lowest BCUT2D eigenvalue weighted by Crippen LogP contribution is -2.30. The average Bonchev–Trinajstić information content (AvgIpc) is 3.00. The zero-order valence-corrected chi connectivity index (χ0v) is 13.2. The Kier molecular flexibility index (Phi) is 4.95. The van der Waals surface area contributed by atoms with Crippen molar-refractivity contribution in [1.82, 2.24) is 29.9 Å². The number of halogens is 1. The van der Waals surface area contributed by atoms with Gasteiger partial charge in [0.1, 0.15) is 18.7 Å². The SMILES string of the molecule is CCn1cnnc1CCNC(=O)Cn1nc(C)c(Cl)c1C. The molecule has 1 N–H and O–H groups in total. The van der Waals surface area contributed by atoms with Gasteiger partial charge in [-0.3, -0.25) is 9.48 Å². The molecule has 2 aromatic rings. The predicted molar refractivity (Wildman–Crippen MR) is 79.1 cm³/mol. The molecule has 0 fully saturated rings. The Balaban J connectivity index is 1.84. The Morgan fingerprint density at radius 3 is 2.81 bits per heavy atom. The Labute approximate surface area is 128 Å². The van der Waals surface area contributed by atoms with E-state index in [1.165, 1.54) is 0 Å². The summed E-state index contributed by atoms with van der Waals surface area (Å²) < 4.78 is 3.56. The van der Waals surface area contributed by atoms with Crippen LogP contribution >= 0.6 is 11.6 Å². The maximum absolute atomic E-state index is 11.9. The molecule has 2 heterocycles. The number of carbonyl (C=O) groups is 1. The van der Waals surface area contributed by atoms with Gasteiger partial charge in [-0.1, -0.05) is 11.6 Å². The first-order valence-corrected chi connectivity index (χ1v) is 7.23. The van der Waals surface area contributed by atoms with E-state index < -0.39 is 0 Å². The fraction of sp³-hybridized carbons (Fsp3) is 0.538. The van der Waals surface area contributed by atoms with Gasteiger partial charge in [0.05, 0.1) is 16.4 Å². The molecule has 0 aromatic carbocycles. The first-order chi connectivity index (χ1) is 10.0. The highest BCUT2D eigenvalue weighted by Crippen LogP contribution is 2.18. The van der Waals surface area contributed by atoms with Crippen molar-refractivity contribution in [2.24, 2.45) is 0 Å². The summed E-state index contributed by atoms with van der Waals surface area (Å²) >= 11 is 6.05. The molecule has 0 spiro atoms. The summed E-state index contributed by atoms with van der Waals surface area (Å²) in [4.78, 5) is 11.9. The van der Waals surface area contributed by atoms with Crippen LogP contribution in [0.4, 0.5) is 0 Å². The van der Waals surface area contributed by atoms with Crippen molar-refractivity contribution in [3.8, 4) is 0 Å². The highest BCUT2D eigenvalue weighted by atomic mass is 35.5. The van der Waals surface area contributed by atoms with Gasteiger partial charge in [-0.05, 0) is 20.8 Å². The van der Waals surface area contributed by atoms with Crippen LogP contribution in [0.25, 0.3) is 0 Å². The van der Waals surface area contributed by atoms with E-state index in [4.69, 9.17) is 11.6 Å². The van der Waals surface area contributed by atoms with E-state index in [0.29, 0.717) is 18.0 Å². The van der Waals surface area contributed by atoms with Crippen molar-refractivity contribution in [3.63, 3.8) is 0 Å². The molecule has 0 radical (unpaired) electrons. The number of hydrogen-bond acceptors (Lipinski definition) is 4. The number of nitrogens with zero attached hydrogens (tertiary/aromatic N) is 5. The van der Waals surface area contributed by atoms with Crippen LogP contribution in [0, 0.1) is 13.8 Å². The minimum absolute atomic E-state index is 0.0974. The van der Waals surface area contributed by atoms with Crippen molar-refractivity contribution in [1.29, 1.82) is 0 Å². The molecule has 0 unspecified atom stereocenters. The van der Waals surface area contributed by atoms with E-state index in [9.17, 15) is 4.79 Å². The third-order valence-corrected chi connectivity index (χ3v) is 3.84. The van der Waals surface area contributed by atoms with Crippen LogP contribution in [0.2, 0.25) is 5.02 Å². The Bertz CT molecular complexity index is 633. The highest BCUT2D eigenvalue weighted by Gasteiger charge is 2.12. The fourth-order valence-corrected chi connectivity index (χ4v) is 2.21. The largest absolute Gasteiger partial charge is 0.354 e. The highest BCUT2D eigenvalue weighted by molar-refractivity contribution is 6.31. The van der Waals surface area contributed by atoms with E-state index >= 15 is 0 Å². The normalized spacial score (nSPS) is 10.9. The maximum Gasteiger partial charge on any atom is 0.241 e. The summed E-state index contributed by atoms with van der Waals surface area (Å²) in [7, 11) is 0. The number of rotatable bonds is 6. The zero-order valence-electron chi connectivity index (χ0n) is 12.4. The summed E-state index contributed by atoms with van der Waals surface area (Å²) in [5, 5.41) is 15.6. The van der Waals surface area contributed by atoms with Gasteiger partial charge < -0.3 is 9.88 Å². The molecule has 0 bridgehead atoms. The van der Waals surface area contributed by atoms with Crippen LogP contribution in [0.1, 0.15) is 24.1 Å². The molecule has 0 aliphatic heterocycles. The van der Waals surface area contributed by atoms with Crippen molar-refractivity contribution in [2.45, 2.75) is 40.3 Å². The van der Waals surface area contributed by atoms with Gasteiger partial charge in [-0.2, -0.15) is 5.10 Å². The molecular formula is C13H19ClN6O. The third-order valence-electron chi connectivity index (χ3n) is 3.29. The Morgan fingerprint density at radius 2 is 2.19 bits per heavy atom. The van der Waals surface area contributed by atoms with Crippen LogP contribution in [0.5, 0.6) is 0 Å². The van der Waals surface area contributed by atoms with Crippen molar-refractivity contribution in [2.75, 3.05) is 6.54 Å². The molecule has 0 saturated heterocycles. The Hall–Kier alpha value is -1.89. The molecule has 0 atom stereocenters. The van der Waals surface area contributed by atoms with Crippen LogP contribution in [-0.4, -0.2) is 37.0 Å². The molecule has 2 rings (SSSR count). The Morgan fingerprint density at radius 1 is 1.43 bits per heavy atom. The summed E-state index contributed by atoms with van der Waals surface area (Å²) in [6.45, 7) is 7.20. The molecule has 0 aliphatic rings. The fourth-order valence-electron chi connectivity index (χ4n) is 2.07. The van der Waals surface area contributed by atoms with Crippen LogP contribution in [-0.2, 0) is 24.3 Å². The number of carbonyl (C=O) groups excluding carboxylic acids is 1. The molecule has 0 saturated carbocycles. The van der Waals surface area contributed by atoms with Crippen molar-refractivity contribution < 1.29 is 4.79 Å². The maximum atomic E-state index is 11.9. The second-order valence-corrected chi connectivity index (χ2v) is 5.15. The van der Waals surface area contributed by atoms with Crippen molar-refractivity contribution >= 4 is 17.5 Å². The molecule has 2 aromatic heterocycles. The zero-order chi connectivity index (χ0) is 15.4. The summed E-state index contributed by atoms with van der Waals surface area (Å²) in [6, 6.07) is 0. The minimum Gasteiger partial charge on any atom is -0.354 e. The minimum atomic E-state index is -0.0974. The second kappa shape index (κ2) is 6.71.